The Morgan fingerprint density at radius 2 is 1.67 bits per heavy atom. The minimum absolute atomic E-state index is 0.0438. The van der Waals surface area contributed by atoms with E-state index in [0.29, 0.717) is 5.56 Å². The lowest BCUT2D eigenvalue weighted by Gasteiger charge is -2.27. The summed E-state index contributed by atoms with van der Waals surface area (Å²) >= 11 is 4.10. The van der Waals surface area contributed by atoms with Gasteiger partial charge in [0.25, 0.3) is 0 Å². The van der Waals surface area contributed by atoms with E-state index in [0.717, 1.165) is 11.1 Å². The summed E-state index contributed by atoms with van der Waals surface area (Å²) in [5.41, 5.74) is 1.73. The van der Waals surface area contributed by atoms with Crippen LogP contribution in [0.25, 0.3) is 11.1 Å². The molecule has 0 bridgehead atoms. The number of thiol groups is 1. The summed E-state index contributed by atoms with van der Waals surface area (Å²) in [6.07, 6.45) is 0. The fourth-order valence-corrected chi connectivity index (χ4v) is 2.94. The van der Waals surface area contributed by atoms with Crippen LogP contribution in [0.4, 0.5) is 0 Å². The summed E-state index contributed by atoms with van der Waals surface area (Å²) in [5, 5.41) is 12.3. The Kier molecular flexibility index (Phi) is 7.05. The van der Waals surface area contributed by atoms with E-state index in [2.05, 4.69) is 17.9 Å². The standard InChI is InChI=1S/C21H25NO4S/c1-21(2,3)26-20(25)18(22-17(13-27)19(23)24)16-12-8-7-11-15(16)14-9-5-4-6-10-14/h4-12,17-18,22,27H,13H2,1-3H3,(H,23,24)/t17-,18-/m0/s1. The fraction of sp³-hybridized carbons (Fsp3) is 0.333. The number of carboxylic acids is 1. The molecule has 2 N–H and O–H groups in total. The van der Waals surface area contributed by atoms with Gasteiger partial charge in [-0.2, -0.15) is 12.6 Å². The molecule has 2 rings (SSSR count). The largest absolute Gasteiger partial charge is 0.480 e. The van der Waals surface area contributed by atoms with Gasteiger partial charge >= 0.3 is 11.9 Å². The van der Waals surface area contributed by atoms with Crippen LogP contribution in [0.1, 0.15) is 32.4 Å². The number of carboxylic acid groups (broad SMARTS) is 1. The van der Waals surface area contributed by atoms with Crippen molar-refractivity contribution in [1.82, 2.24) is 5.32 Å². The van der Waals surface area contributed by atoms with Crippen LogP contribution < -0.4 is 5.32 Å². The Morgan fingerprint density at radius 1 is 1.07 bits per heavy atom. The fourth-order valence-electron chi connectivity index (χ4n) is 2.68. The van der Waals surface area contributed by atoms with Crippen molar-refractivity contribution in [3.8, 4) is 11.1 Å². The third-order valence-electron chi connectivity index (χ3n) is 3.85. The van der Waals surface area contributed by atoms with Crippen molar-refractivity contribution >= 4 is 24.6 Å². The van der Waals surface area contributed by atoms with Gasteiger partial charge in [0.15, 0.2) is 0 Å². The number of carbonyl (C=O) groups excluding carboxylic acids is 1. The Hall–Kier alpha value is -2.31. The predicted octanol–water partition coefficient (Wildman–Crippen LogP) is 3.71. The van der Waals surface area contributed by atoms with Gasteiger partial charge in [0, 0.05) is 5.75 Å². The van der Waals surface area contributed by atoms with Crippen LogP contribution in [0.2, 0.25) is 0 Å². The van der Waals surface area contributed by atoms with Crippen molar-refractivity contribution < 1.29 is 19.4 Å². The molecule has 0 saturated heterocycles. The van der Waals surface area contributed by atoms with Crippen LogP contribution in [0.15, 0.2) is 54.6 Å². The van der Waals surface area contributed by atoms with E-state index in [1.54, 1.807) is 26.8 Å². The normalized spacial score (nSPS) is 13.6. The molecule has 2 aromatic rings. The minimum Gasteiger partial charge on any atom is -0.480 e. The lowest BCUT2D eigenvalue weighted by molar-refractivity contribution is -0.158. The number of carbonyl (C=O) groups is 2. The predicted molar refractivity (Wildman–Crippen MR) is 109 cm³/mol. The third-order valence-corrected chi connectivity index (χ3v) is 4.21. The third kappa shape index (κ3) is 5.84. The van der Waals surface area contributed by atoms with Crippen LogP contribution in [0.5, 0.6) is 0 Å². The van der Waals surface area contributed by atoms with E-state index in [-0.39, 0.29) is 5.75 Å². The molecule has 144 valence electrons. The zero-order valence-electron chi connectivity index (χ0n) is 15.7. The molecule has 0 radical (unpaired) electrons. The molecule has 0 spiro atoms. The minimum atomic E-state index is -1.07. The quantitative estimate of drug-likeness (QED) is 0.499. The van der Waals surface area contributed by atoms with Gasteiger partial charge < -0.3 is 9.84 Å². The number of hydrogen-bond donors (Lipinski definition) is 3. The molecule has 0 fully saturated rings. The zero-order valence-corrected chi connectivity index (χ0v) is 16.6. The van der Waals surface area contributed by atoms with Crippen molar-refractivity contribution in [3.63, 3.8) is 0 Å². The number of aliphatic carboxylic acids is 1. The summed E-state index contributed by atoms with van der Waals surface area (Å²) < 4.78 is 5.55. The van der Waals surface area contributed by atoms with Gasteiger partial charge in [-0.1, -0.05) is 54.6 Å². The summed E-state index contributed by atoms with van der Waals surface area (Å²) in [6.45, 7) is 5.33. The Labute approximate surface area is 165 Å². The molecular formula is C21H25NO4S. The van der Waals surface area contributed by atoms with Crippen molar-refractivity contribution in [2.24, 2.45) is 0 Å². The summed E-state index contributed by atoms with van der Waals surface area (Å²) in [4.78, 5) is 24.4. The van der Waals surface area contributed by atoms with Crippen molar-refractivity contribution in [1.29, 1.82) is 0 Å². The van der Waals surface area contributed by atoms with Gasteiger partial charge in [-0.25, -0.2) is 4.79 Å². The number of benzene rings is 2. The topological polar surface area (TPSA) is 75.6 Å². The zero-order chi connectivity index (χ0) is 20.0. The van der Waals surface area contributed by atoms with Gasteiger partial charge in [-0.05, 0) is 37.5 Å². The smallest absolute Gasteiger partial charge is 0.328 e. The highest BCUT2D eigenvalue weighted by Gasteiger charge is 2.32. The number of nitrogens with one attached hydrogen (secondary N) is 1. The summed E-state index contributed by atoms with van der Waals surface area (Å²) in [6, 6.07) is 15.1. The van der Waals surface area contributed by atoms with Gasteiger partial charge in [-0.15, -0.1) is 0 Å². The van der Waals surface area contributed by atoms with E-state index in [4.69, 9.17) is 4.74 Å². The SMILES string of the molecule is CC(C)(C)OC(=O)[C@@H](N[C@@H](CS)C(=O)O)c1ccccc1-c1ccccc1. The van der Waals surface area contributed by atoms with E-state index in [1.165, 1.54) is 0 Å². The molecule has 0 amide bonds. The van der Waals surface area contributed by atoms with Gasteiger partial charge in [0.2, 0.25) is 0 Å². The molecule has 0 saturated carbocycles. The van der Waals surface area contributed by atoms with Crippen LogP contribution >= 0.6 is 12.6 Å². The van der Waals surface area contributed by atoms with Crippen molar-refractivity contribution in [2.45, 2.75) is 38.5 Å². The number of ether oxygens (including phenoxy) is 1. The lowest BCUT2D eigenvalue weighted by atomic mass is 9.94. The average Bonchev–Trinajstić information content (AvgIpc) is 2.61. The number of rotatable bonds is 7. The van der Waals surface area contributed by atoms with Gasteiger partial charge in [0.1, 0.15) is 17.7 Å². The molecule has 0 aliphatic carbocycles. The van der Waals surface area contributed by atoms with E-state index >= 15 is 0 Å². The van der Waals surface area contributed by atoms with Crippen LogP contribution in [0.3, 0.4) is 0 Å². The average molecular weight is 388 g/mol. The van der Waals surface area contributed by atoms with Crippen LogP contribution in [-0.2, 0) is 14.3 Å². The number of esters is 1. The molecule has 0 unspecified atom stereocenters. The maximum atomic E-state index is 12.9. The first-order valence-electron chi connectivity index (χ1n) is 8.70. The monoisotopic (exact) mass is 387 g/mol. The maximum Gasteiger partial charge on any atom is 0.328 e. The highest BCUT2D eigenvalue weighted by atomic mass is 32.1. The van der Waals surface area contributed by atoms with Crippen LogP contribution in [-0.4, -0.2) is 34.4 Å². The van der Waals surface area contributed by atoms with Gasteiger partial charge in [-0.3, -0.25) is 10.1 Å². The Balaban J connectivity index is 2.50. The molecule has 0 aliphatic heterocycles. The molecule has 5 nitrogen and oxygen atoms in total. The Bertz CT molecular complexity index is 786. The molecule has 2 aromatic carbocycles. The van der Waals surface area contributed by atoms with Crippen LogP contribution in [0, 0.1) is 0 Å². The molecule has 2 atom stereocenters. The first-order chi connectivity index (χ1) is 12.7. The van der Waals surface area contributed by atoms with Crippen molar-refractivity contribution in [3.05, 3.63) is 60.2 Å². The second kappa shape index (κ2) is 9.06. The summed E-state index contributed by atoms with van der Waals surface area (Å²) in [5.74, 6) is -1.56. The van der Waals surface area contributed by atoms with Gasteiger partial charge in [0.05, 0.1) is 0 Å². The first-order valence-corrected chi connectivity index (χ1v) is 9.33. The molecule has 0 aromatic heterocycles. The lowest BCUT2D eigenvalue weighted by Crippen LogP contribution is -2.45. The molecule has 6 heteroatoms. The van der Waals surface area contributed by atoms with E-state index in [1.807, 2.05) is 48.5 Å². The second-order valence-corrected chi connectivity index (χ2v) is 7.52. The molecule has 0 heterocycles. The molecule has 27 heavy (non-hydrogen) atoms. The highest BCUT2D eigenvalue weighted by Crippen LogP contribution is 2.30. The van der Waals surface area contributed by atoms with E-state index < -0.39 is 29.6 Å². The first kappa shape index (κ1) is 21.0. The second-order valence-electron chi connectivity index (χ2n) is 7.16. The molecule has 0 aliphatic rings. The molecular weight excluding hydrogens is 362 g/mol. The number of hydrogen-bond acceptors (Lipinski definition) is 5. The Morgan fingerprint density at radius 3 is 2.22 bits per heavy atom. The van der Waals surface area contributed by atoms with Crippen molar-refractivity contribution in [2.75, 3.05) is 5.75 Å². The maximum absolute atomic E-state index is 12.9. The highest BCUT2D eigenvalue weighted by molar-refractivity contribution is 7.80. The van der Waals surface area contributed by atoms with E-state index in [9.17, 15) is 14.7 Å². The summed E-state index contributed by atoms with van der Waals surface area (Å²) in [7, 11) is 0.